The van der Waals surface area contributed by atoms with E-state index in [2.05, 4.69) is 0 Å². The van der Waals surface area contributed by atoms with Gasteiger partial charge in [-0.15, -0.1) is 0 Å². The van der Waals surface area contributed by atoms with Gasteiger partial charge in [-0.1, -0.05) is 12.2 Å². The van der Waals surface area contributed by atoms with E-state index in [1.807, 2.05) is 22.9 Å². The van der Waals surface area contributed by atoms with E-state index in [1.165, 1.54) is 16.2 Å². The average Bonchev–Trinajstić information content (AvgIpc) is 3.09. The van der Waals surface area contributed by atoms with E-state index in [4.69, 9.17) is 0 Å². The van der Waals surface area contributed by atoms with Crippen LogP contribution in [0.15, 0.2) is 29.0 Å². The van der Waals surface area contributed by atoms with Crippen LogP contribution in [0.25, 0.3) is 0 Å². The zero-order chi connectivity index (χ0) is 15.3. The minimum atomic E-state index is -0.181. The molecular weight excluding hydrogens is 300 g/mol. The van der Waals surface area contributed by atoms with Crippen molar-refractivity contribution in [3.05, 3.63) is 34.5 Å². The van der Waals surface area contributed by atoms with E-state index in [1.54, 1.807) is 11.0 Å². The highest BCUT2D eigenvalue weighted by Crippen LogP contribution is 2.37. The third-order valence-corrected chi connectivity index (χ3v) is 5.51. The molecule has 2 aliphatic heterocycles. The number of likely N-dealkylation sites (tertiary alicyclic amines) is 2. The molecule has 0 unspecified atom stereocenters. The maximum atomic E-state index is 12.5. The van der Waals surface area contributed by atoms with Gasteiger partial charge in [-0.2, -0.15) is 11.3 Å². The van der Waals surface area contributed by atoms with Gasteiger partial charge in [0.15, 0.2) is 0 Å². The van der Waals surface area contributed by atoms with E-state index >= 15 is 0 Å². The number of fused-ring (bicyclic) bond motifs is 1. The quantitative estimate of drug-likeness (QED) is 0.614. The number of amides is 3. The predicted octanol–water partition coefficient (Wildman–Crippen LogP) is 1.52. The lowest BCUT2D eigenvalue weighted by Crippen LogP contribution is -2.62. The Morgan fingerprint density at radius 2 is 1.73 bits per heavy atom. The molecule has 6 heteroatoms. The molecule has 1 aromatic heterocycles. The van der Waals surface area contributed by atoms with Crippen molar-refractivity contribution < 1.29 is 14.4 Å². The second kappa shape index (κ2) is 5.05. The molecule has 3 aliphatic rings. The molecule has 4 rings (SSSR count). The number of hydrogen-bond donors (Lipinski definition) is 0. The highest BCUT2D eigenvalue weighted by Gasteiger charge is 2.52. The molecular formula is C16H16N2O3S. The van der Waals surface area contributed by atoms with E-state index in [0.717, 1.165) is 0 Å². The summed E-state index contributed by atoms with van der Waals surface area (Å²) in [5.41, 5.74) is 0.681. The zero-order valence-corrected chi connectivity index (χ0v) is 12.8. The van der Waals surface area contributed by atoms with Gasteiger partial charge in [-0.25, -0.2) is 0 Å². The van der Waals surface area contributed by atoms with Gasteiger partial charge in [0, 0.05) is 18.5 Å². The molecule has 2 saturated heterocycles. The van der Waals surface area contributed by atoms with Crippen molar-refractivity contribution in [3.8, 4) is 0 Å². The summed E-state index contributed by atoms with van der Waals surface area (Å²) in [4.78, 5) is 40.2. The number of rotatable bonds is 2. The van der Waals surface area contributed by atoms with Crippen LogP contribution in [0.1, 0.15) is 23.2 Å². The van der Waals surface area contributed by atoms with Gasteiger partial charge >= 0.3 is 0 Å². The number of carbonyl (C=O) groups excluding carboxylic acids is 3. The number of hydrogen-bond acceptors (Lipinski definition) is 4. The fourth-order valence-electron chi connectivity index (χ4n) is 3.54. The Labute approximate surface area is 132 Å². The molecule has 114 valence electrons. The molecule has 3 amide bonds. The molecule has 0 N–H and O–H groups in total. The number of allylic oxidation sites excluding steroid dienone is 2. The minimum Gasteiger partial charge on any atom is -0.334 e. The first-order chi connectivity index (χ1) is 10.7. The Hall–Kier alpha value is -1.95. The molecule has 22 heavy (non-hydrogen) atoms. The van der Waals surface area contributed by atoms with E-state index in [9.17, 15) is 14.4 Å². The summed E-state index contributed by atoms with van der Waals surface area (Å²) in [5.74, 6) is -0.479. The normalized spacial score (nSPS) is 28.0. The number of thiophene rings is 1. The van der Waals surface area contributed by atoms with E-state index in [0.29, 0.717) is 31.5 Å². The maximum Gasteiger partial charge on any atom is 0.254 e. The summed E-state index contributed by atoms with van der Waals surface area (Å²) in [7, 11) is 0. The summed E-state index contributed by atoms with van der Waals surface area (Å²) in [6, 6.07) is 1.65. The first-order valence-corrected chi connectivity index (χ1v) is 8.44. The van der Waals surface area contributed by atoms with Gasteiger partial charge in [0.1, 0.15) is 0 Å². The molecule has 2 fully saturated rings. The second-order valence-corrected chi connectivity index (χ2v) is 6.86. The van der Waals surface area contributed by atoms with Gasteiger partial charge in [-0.05, 0) is 24.3 Å². The molecule has 0 saturated carbocycles. The highest BCUT2D eigenvalue weighted by molar-refractivity contribution is 7.08. The van der Waals surface area contributed by atoms with Gasteiger partial charge in [0.2, 0.25) is 11.8 Å². The largest absolute Gasteiger partial charge is 0.334 e. The van der Waals surface area contributed by atoms with Gasteiger partial charge < -0.3 is 4.90 Å². The van der Waals surface area contributed by atoms with E-state index < -0.39 is 0 Å². The smallest absolute Gasteiger partial charge is 0.254 e. The first-order valence-electron chi connectivity index (χ1n) is 7.50. The first kappa shape index (κ1) is 13.7. The fraction of sp³-hybridized carbons (Fsp3) is 0.438. The Bertz CT molecular complexity index is 635. The predicted molar refractivity (Wildman–Crippen MR) is 81.2 cm³/mol. The summed E-state index contributed by atoms with van der Waals surface area (Å²) in [6.45, 7) is 0.915. The van der Waals surface area contributed by atoms with Crippen LogP contribution in [0, 0.1) is 11.8 Å². The van der Waals surface area contributed by atoms with Crippen LogP contribution in [-0.2, 0) is 9.59 Å². The van der Waals surface area contributed by atoms with Crippen molar-refractivity contribution in [1.82, 2.24) is 9.80 Å². The Kier molecular flexibility index (Phi) is 3.14. The van der Waals surface area contributed by atoms with Gasteiger partial charge in [-0.3, -0.25) is 19.3 Å². The molecule has 0 aromatic carbocycles. The highest BCUT2D eigenvalue weighted by atomic mass is 32.1. The average molecular weight is 316 g/mol. The SMILES string of the molecule is O=C(c1ccsc1)N1CC(N2C(=O)[C@@H]3CC=CC[C@H]3C2=O)C1. The summed E-state index contributed by atoms with van der Waals surface area (Å²) in [6.07, 6.45) is 5.30. The van der Waals surface area contributed by atoms with Crippen LogP contribution in [-0.4, -0.2) is 46.7 Å². The third kappa shape index (κ3) is 1.94. The van der Waals surface area contributed by atoms with Gasteiger partial charge in [0.25, 0.3) is 5.91 Å². The minimum absolute atomic E-state index is 0.0179. The standard InChI is InChI=1S/C16H16N2O3S/c19-14(10-5-6-22-9-10)17-7-11(8-17)18-15(20)12-3-1-2-4-13(12)16(18)21/h1-2,5-6,9,11-13H,3-4,7-8H2/t12-,13-/m1/s1. The third-order valence-electron chi connectivity index (χ3n) is 4.82. The second-order valence-electron chi connectivity index (χ2n) is 6.08. The van der Waals surface area contributed by atoms with Crippen molar-refractivity contribution in [1.29, 1.82) is 0 Å². The summed E-state index contributed by atoms with van der Waals surface area (Å²) in [5, 5.41) is 3.69. The van der Waals surface area contributed by atoms with Crippen LogP contribution in [0.3, 0.4) is 0 Å². The van der Waals surface area contributed by atoms with E-state index in [-0.39, 0.29) is 35.6 Å². The number of carbonyl (C=O) groups is 3. The van der Waals surface area contributed by atoms with Gasteiger partial charge in [0.05, 0.1) is 23.4 Å². The number of nitrogens with zero attached hydrogens (tertiary/aromatic N) is 2. The topological polar surface area (TPSA) is 57.7 Å². The van der Waals surface area contributed by atoms with Crippen LogP contribution in [0.2, 0.25) is 0 Å². The van der Waals surface area contributed by atoms with Crippen molar-refractivity contribution in [2.75, 3.05) is 13.1 Å². The Balaban J connectivity index is 1.44. The summed E-state index contributed by atoms with van der Waals surface area (Å²) < 4.78 is 0. The summed E-state index contributed by atoms with van der Waals surface area (Å²) >= 11 is 1.49. The lowest BCUT2D eigenvalue weighted by Gasteiger charge is -2.43. The van der Waals surface area contributed by atoms with Crippen LogP contribution < -0.4 is 0 Å². The van der Waals surface area contributed by atoms with Crippen LogP contribution >= 0.6 is 11.3 Å². The molecule has 1 aliphatic carbocycles. The van der Waals surface area contributed by atoms with Crippen LogP contribution in [0.4, 0.5) is 0 Å². The van der Waals surface area contributed by atoms with Crippen molar-refractivity contribution in [2.24, 2.45) is 11.8 Å². The molecule has 3 heterocycles. The van der Waals surface area contributed by atoms with Crippen molar-refractivity contribution in [3.63, 3.8) is 0 Å². The number of imide groups is 1. The molecule has 0 bridgehead atoms. The Morgan fingerprint density at radius 1 is 1.09 bits per heavy atom. The lowest BCUT2D eigenvalue weighted by molar-refractivity contribution is -0.145. The fourth-order valence-corrected chi connectivity index (χ4v) is 4.17. The maximum absolute atomic E-state index is 12.5. The zero-order valence-electron chi connectivity index (χ0n) is 12.0. The monoisotopic (exact) mass is 316 g/mol. The van der Waals surface area contributed by atoms with Crippen LogP contribution in [0.5, 0.6) is 0 Å². The molecule has 0 spiro atoms. The molecule has 5 nitrogen and oxygen atoms in total. The molecule has 2 atom stereocenters. The molecule has 0 radical (unpaired) electrons. The van der Waals surface area contributed by atoms with Crippen molar-refractivity contribution in [2.45, 2.75) is 18.9 Å². The lowest BCUT2D eigenvalue weighted by atomic mass is 9.85. The molecule has 1 aromatic rings. The van der Waals surface area contributed by atoms with Crippen molar-refractivity contribution >= 4 is 29.1 Å². The Morgan fingerprint density at radius 3 is 2.27 bits per heavy atom.